The highest BCUT2D eigenvalue weighted by Gasteiger charge is 2.33. The number of halogens is 2. The lowest BCUT2D eigenvalue weighted by Crippen LogP contribution is -2.44. The fourth-order valence-electron chi connectivity index (χ4n) is 6.33. The van der Waals surface area contributed by atoms with Gasteiger partial charge in [-0.3, -0.25) is 4.98 Å². The number of fused-ring (bicyclic) bond motifs is 1. The summed E-state index contributed by atoms with van der Waals surface area (Å²) >= 11 is 0. The number of aryl methyl sites for hydroxylation is 1. The third-order valence-electron chi connectivity index (χ3n) is 8.53. The summed E-state index contributed by atoms with van der Waals surface area (Å²) < 4.78 is 32.1. The molecule has 0 saturated carbocycles. The van der Waals surface area contributed by atoms with Crippen LogP contribution in [0.2, 0.25) is 0 Å². The van der Waals surface area contributed by atoms with Gasteiger partial charge in [-0.2, -0.15) is 4.98 Å². The molecule has 0 radical (unpaired) electrons. The maximum atomic E-state index is 15.9. The zero-order valence-electron chi connectivity index (χ0n) is 24.8. The topological polar surface area (TPSA) is 104 Å². The van der Waals surface area contributed by atoms with Gasteiger partial charge < -0.3 is 14.9 Å². The third-order valence-corrected chi connectivity index (χ3v) is 8.53. The summed E-state index contributed by atoms with van der Waals surface area (Å²) in [5, 5.41) is 10.8. The minimum atomic E-state index is -0.871. The highest BCUT2D eigenvalue weighted by molar-refractivity contribution is 5.91. The Balaban J connectivity index is 1.53. The van der Waals surface area contributed by atoms with Gasteiger partial charge in [-0.15, -0.1) is 0 Å². The van der Waals surface area contributed by atoms with E-state index >= 15 is 4.39 Å². The first kappa shape index (κ1) is 29.2. The molecule has 9 nitrogen and oxygen atoms in total. The summed E-state index contributed by atoms with van der Waals surface area (Å²) in [4.78, 5) is 43.0. The Labute approximate surface area is 252 Å². The van der Waals surface area contributed by atoms with Crippen LogP contribution in [-0.4, -0.2) is 61.1 Å². The molecule has 1 N–H and O–H groups in total. The molecule has 226 valence electrons. The number of hydrogen-bond donors (Lipinski definition) is 1. The van der Waals surface area contributed by atoms with E-state index in [1.54, 1.807) is 12.3 Å². The number of nitrogens with zero attached hydrogens (tertiary/aromatic N) is 6. The van der Waals surface area contributed by atoms with E-state index in [0.29, 0.717) is 56.0 Å². The molecule has 2 fully saturated rings. The number of allylic oxidation sites excluding steroid dienone is 1. The van der Waals surface area contributed by atoms with Crippen molar-refractivity contribution in [3.8, 4) is 22.7 Å². The van der Waals surface area contributed by atoms with Crippen molar-refractivity contribution in [3.63, 3.8) is 0 Å². The molecule has 3 aromatic heterocycles. The van der Waals surface area contributed by atoms with Crippen molar-refractivity contribution in [2.24, 2.45) is 0 Å². The number of likely N-dealkylation sites (tertiary alicyclic amines) is 1. The highest BCUT2D eigenvalue weighted by Crippen LogP contribution is 2.37. The number of phenols is 1. The first-order valence-corrected chi connectivity index (χ1v) is 14.6. The lowest BCUT2D eigenvalue weighted by atomic mass is 10.0. The molecule has 2 saturated heterocycles. The Bertz CT molecular complexity index is 1900. The van der Waals surface area contributed by atoms with E-state index in [2.05, 4.69) is 21.5 Å². The van der Waals surface area contributed by atoms with Gasteiger partial charge in [0.15, 0.2) is 17.4 Å². The minimum Gasteiger partial charge on any atom is -0.507 e. The van der Waals surface area contributed by atoms with E-state index in [1.807, 2.05) is 36.5 Å². The van der Waals surface area contributed by atoms with Gasteiger partial charge in [0.2, 0.25) is 0 Å². The zero-order chi connectivity index (χ0) is 31.3. The quantitative estimate of drug-likeness (QED) is 0.313. The lowest BCUT2D eigenvalue weighted by Gasteiger charge is -2.38. The molecule has 0 amide bonds. The molecule has 11 heteroatoms. The van der Waals surface area contributed by atoms with Crippen molar-refractivity contribution in [2.75, 3.05) is 24.5 Å². The van der Waals surface area contributed by atoms with Gasteiger partial charge in [0.05, 0.1) is 22.3 Å². The first-order chi connectivity index (χ1) is 21.1. The van der Waals surface area contributed by atoms with Crippen LogP contribution in [0.1, 0.15) is 50.3 Å². The fraction of sp³-hybridized carbons (Fsp3) is 0.333. The first-order valence-electron chi connectivity index (χ1n) is 14.6. The molecule has 0 spiro atoms. The van der Waals surface area contributed by atoms with E-state index in [4.69, 9.17) is 0 Å². The fourth-order valence-corrected chi connectivity index (χ4v) is 6.33. The number of aromatic hydroxyl groups is 1. The van der Waals surface area contributed by atoms with Gasteiger partial charge in [0.1, 0.15) is 28.8 Å². The van der Waals surface area contributed by atoms with Gasteiger partial charge in [0, 0.05) is 31.9 Å². The summed E-state index contributed by atoms with van der Waals surface area (Å²) in [5.74, 6) is 0.0186. The molecule has 6 rings (SSSR count). The summed E-state index contributed by atoms with van der Waals surface area (Å²) in [6.07, 6.45) is 3.71. The zero-order valence-corrected chi connectivity index (χ0v) is 24.8. The van der Waals surface area contributed by atoms with Crippen LogP contribution in [0.5, 0.6) is 5.75 Å². The Kier molecular flexibility index (Phi) is 7.51. The number of phenolic OH excluding ortho intramolecular Hbond substituents is 1. The van der Waals surface area contributed by atoms with Gasteiger partial charge in [-0.05, 0) is 67.5 Å². The summed E-state index contributed by atoms with van der Waals surface area (Å²) in [7, 11) is 0. The number of hydrogen-bond acceptors (Lipinski definition) is 8. The Morgan fingerprint density at radius 3 is 2.52 bits per heavy atom. The van der Waals surface area contributed by atoms with Crippen molar-refractivity contribution in [1.82, 2.24) is 24.4 Å². The predicted octanol–water partition coefficient (Wildman–Crippen LogP) is 5.20. The SMILES string of the molecule is C=C1CCN(C2CCN(c3nc(=O)n(-c4c(C)ccnc4C(C)C)c4nc(-c5c(O)cccc5F)c(F)cc34)CC2)C1=C=O. The molecule has 1 aromatic carbocycles. The molecular formula is C33H32F2N6O3. The van der Waals surface area contributed by atoms with Gasteiger partial charge in [-0.1, -0.05) is 26.5 Å². The Hall–Kier alpha value is -4.89. The molecule has 0 unspecified atom stereocenters. The maximum absolute atomic E-state index is 15.9. The number of piperidine rings is 1. The third kappa shape index (κ3) is 4.83. The standard InChI is InChI=1S/C33H32F2N6O3/c1-18(2)28-30(20(4)8-12-36-28)41-32-22(16-24(35)29(37-32)27-23(34)6-5-7-26(27)43)31(38-33(41)44)39-13-10-21(11-14-39)40-15-9-19(3)25(40)17-42/h5-8,12,16,18,21,43H,3,9-11,13-15H2,1-2,4H3. The van der Waals surface area contributed by atoms with Crippen LogP contribution in [0.3, 0.4) is 0 Å². The van der Waals surface area contributed by atoms with Crippen LogP contribution in [0.25, 0.3) is 28.0 Å². The molecule has 2 aliphatic rings. The summed E-state index contributed by atoms with van der Waals surface area (Å²) in [5.41, 5.74) is 1.72. The van der Waals surface area contributed by atoms with Crippen LogP contribution in [0.15, 0.2) is 59.2 Å². The van der Waals surface area contributed by atoms with E-state index in [-0.39, 0.29) is 28.8 Å². The van der Waals surface area contributed by atoms with Crippen molar-refractivity contribution < 1.29 is 18.7 Å². The molecule has 2 aliphatic heterocycles. The second-order valence-electron chi connectivity index (χ2n) is 11.6. The molecule has 0 atom stereocenters. The summed E-state index contributed by atoms with van der Waals surface area (Å²) in [6, 6.07) is 6.73. The maximum Gasteiger partial charge on any atom is 0.355 e. The minimum absolute atomic E-state index is 0.0705. The second kappa shape index (κ2) is 11.3. The van der Waals surface area contributed by atoms with E-state index in [1.165, 1.54) is 22.8 Å². The smallest absolute Gasteiger partial charge is 0.355 e. The average Bonchev–Trinajstić information content (AvgIpc) is 3.37. The number of rotatable bonds is 5. The highest BCUT2D eigenvalue weighted by atomic mass is 19.1. The largest absolute Gasteiger partial charge is 0.507 e. The van der Waals surface area contributed by atoms with Crippen molar-refractivity contribution in [2.45, 2.75) is 52.0 Å². The Morgan fingerprint density at radius 1 is 1.09 bits per heavy atom. The van der Waals surface area contributed by atoms with E-state index in [9.17, 15) is 19.1 Å². The number of carbonyl (C=O) groups excluding carboxylic acids is 1. The Morgan fingerprint density at radius 2 is 1.84 bits per heavy atom. The van der Waals surface area contributed by atoms with Crippen molar-refractivity contribution in [3.05, 3.63) is 87.8 Å². The van der Waals surface area contributed by atoms with Crippen LogP contribution in [0.4, 0.5) is 14.6 Å². The van der Waals surface area contributed by atoms with Crippen LogP contribution in [0, 0.1) is 18.6 Å². The van der Waals surface area contributed by atoms with Crippen molar-refractivity contribution >= 4 is 22.8 Å². The number of pyridine rings is 2. The van der Waals surface area contributed by atoms with E-state index in [0.717, 1.165) is 17.2 Å². The molecular weight excluding hydrogens is 566 g/mol. The van der Waals surface area contributed by atoms with Crippen LogP contribution >= 0.6 is 0 Å². The van der Waals surface area contributed by atoms with Gasteiger partial charge in [0.25, 0.3) is 0 Å². The average molecular weight is 599 g/mol. The number of benzene rings is 1. The normalized spacial score (nSPS) is 16.0. The molecule has 4 aromatic rings. The van der Waals surface area contributed by atoms with Gasteiger partial charge >= 0.3 is 5.69 Å². The van der Waals surface area contributed by atoms with Gasteiger partial charge in [-0.25, -0.2) is 27.9 Å². The monoisotopic (exact) mass is 598 g/mol. The molecule has 5 heterocycles. The van der Waals surface area contributed by atoms with Crippen LogP contribution < -0.4 is 10.6 Å². The lowest BCUT2D eigenvalue weighted by molar-refractivity contribution is 0.245. The van der Waals surface area contributed by atoms with Crippen LogP contribution in [-0.2, 0) is 4.79 Å². The van der Waals surface area contributed by atoms with E-state index < -0.39 is 34.3 Å². The number of aromatic nitrogens is 4. The van der Waals surface area contributed by atoms with Crippen molar-refractivity contribution in [1.29, 1.82) is 0 Å². The molecule has 0 bridgehead atoms. The number of anilines is 1. The predicted molar refractivity (Wildman–Crippen MR) is 164 cm³/mol. The molecule has 44 heavy (non-hydrogen) atoms. The summed E-state index contributed by atoms with van der Waals surface area (Å²) in [6.45, 7) is 11.4. The second-order valence-corrected chi connectivity index (χ2v) is 11.6. The molecule has 0 aliphatic carbocycles.